The number of benzene rings is 1. The van der Waals surface area contributed by atoms with Gasteiger partial charge in [-0.25, -0.2) is 4.98 Å². The number of hydrogen-bond acceptors (Lipinski definition) is 4. The molecule has 2 aromatic rings. The number of aryl methyl sites for hydroxylation is 1. The summed E-state index contributed by atoms with van der Waals surface area (Å²) < 4.78 is 0. The molecule has 0 amide bonds. The van der Waals surface area contributed by atoms with Gasteiger partial charge in [0.25, 0.3) is 0 Å². The van der Waals surface area contributed by atoms with Gasteiger partial charge >= 0.3 is 0 Å². The van der Waals surface area contributed by atoms with E-state index < -0.39 is 0 Å². The molecule has 18 heavy (non-hydrogen) atoms. The van der Waals surface area contributed by atoms with E-state index in [1.54, 1.807) is 12.4 Å². The first-order valence-corrected chi connectivity index (χ1v) is 6.22. The van der Waals surface area contributed by atoms with Crippen LogP contribution in [0, 0.1) is 0 Å². The lowest BCUT2D eigenvalue weighted by Gasteiger charge is -2.30. The quantitative estimate of drug-likeness (QED) is 0.872. The van der Waals surface area contributed by atoms with Crippen LogP contribution in [0.1, 0.15) is 17.7 Å². The first kappa shape index (κ1) is 11.0. The van der Waals surface area contributed by atoms with Gasteiger partial charge in [-0.3, -0.25) is 4.98 Å². The molecule has 0 saturated carbocycles. The SMILES string of the molecule is Nc1cnc(CN2CCCc3ccccc32)cn1. The third-order valence-corrected chi connectivity index (χ3v) is 3.28. The number of nitrogens with two attached hydrogens (primary N) is 1. The zero-order valence-electron chi connectivity index (χ0n) is 10.2. The van der Waals surface area contributed by atoms with E-state index >= 15 is 0 Å². The van der Waals surface area contributed by atoms with Crippen molar-refractivity contribution in [2.45, 2.75) is 19.4 Å². The Bertz CT molecular complexity index is 536. The number of nitrogen functional groups attached to an aromatic ring is 1. The predicted molar refractivity (Wildman–Crippen MR) is 72.3 cm³/mol. The molecule has 0 fully saturated rings. The minimum atomic E-state index is 0.470. The minimum absolute atomic E-state index is 0.470. The van der Waals surface area contributed by atoms with Gasteiger partial charge in [0.05, 0.1) is 24.6 Å². The molecule has 4 heteroatoms. The molecule has 0 radical (unpaired) electrons. The van der Waals surface area contributed by atoms with Crippen LogP contribution in [0.2, 0.25) is 0 Å². The van der Waals surface area contributed by atoms with E-state index in [4.69, 9.17) is 5.73 Å². The average Bonchev–Trinajstić information content (AvgIpc) is 2.42. The van der Waals surface area contributed by atoms with Crippen LogP contribution in [0.15, 0.2) is 36.7 Å². The lowest BCUT2D eigenvalue weighted by molar-refractivity contribution is 0.682. The first-order chi connectivity index (χ1) is 8.83. The molecule has 2 N–H and O–H groups in total. The summed E-state index contributed by atoms with van der Waals surface area (Å²) in [6.45, 7) is 1.87. The van der Waals surface area contributed by atoms with Crippen molar-refractivity contribution in [3.63, 3.8) is 0 Å². The van der Waals surface area contributed by atoms with Gasteiger partial charge in [0.15, 0.2) is 0 Å². The maximum Gasteiger partial charge on any atom is 0.141 e. The van der Waals surface area contributed by atoms with Crippen molar-refractivity contribution in [3.05, 3.63) is 47.9 Å². The number of anilines is 2. The van der Waals surface area contributed by atoms with E-state index in [9.17, 15) is 0 Å². The maximum absolute atomic E-state index is 5.55. The van der Waals surface area contributed by atoms with Crippen LogP contribution in [0.3, 0.4) is 0 Å². The summed E-state index contributed by atoms with van der Waals surface area (Å²) in [5, 5.41) is 0. The molecule has 0 unspecified atom stereocenters. The van der Waals surface area contributed by atoms with Crippen molar-refractivity contribution in [1.29, 1.82) is 0 Å². The molecule has 0 aliphatic carbocycles. The van der Waals surface area contributed by atoms with E-state index in [2.05, 4.69) is 39.1 Å². The predicted octanol–water partition coefficient (Wildman–Crippen LogP) is 2.01. The van der Waals surface area contributed by atoms with Crippen molar-refractivity contribution in [2.24, 2.45) is 0 Å². The van der Waals surface area contributed by atoms with E-state index in [0.717, 1.165) is 18.8 Å². The van der Waals surface area contributed by atoms with Crippen LogP contribution in [-0.4, -0.2) is 16.5 Å². The topological polar surface area (TPSA) is 55.0 Å². The van der Waals surface area contributed by atoms with Crippen LogP contribution >= 0.6 is 0 Å². The third-order valence-electron chi connectivity index (χ3n) is 3.28. The van der Waals surface area contributed by atoms with Crippen LogP contribution < -0.4 is 10.6 Å². The fourth-order valence-corrected chi connectivity index (χ4v) is 2.42. The highest BCUT2D eigenvalue weighted by Crippen LogP contribution is 2.27. The molecule has 92 valence electrons. The van der Waals surface area contributed by atoms with E-state index in [0.29, 0.717) is 5.82 Å². The summed E-state index contributed by atoms with van der Waals surface area (Å²) >= 11 is 0. The molecule has 3 rings (SSSR count). The smallest absolute Gasteiger partial charge is 0.141 e. The van der Waals surface area contributed by atoms with Gasteiger partial charge in [-0.05, 0) is 24.5 Å². The Balaban J connectivity index is 1.84. The second kappa shape index (κ2) is 4.64. The Labute approximate surface area is 106 Å². The highest BCUT2D eigenvalue weighted by molar-refractivity contribution is 5.55. The monoisotopic (exact) mass is 240 g/mol. The summed E-state index contributed by atoms with van der Waals surface area (Å²) in [7, 11) is 0. The standard InChI is InChI=1S/C14H16N4/c15-14-9-16-12(8-17-14)10-18-7-3-5-11-4-1-2-6-13(11)18/h1-2,4,6,8-9H,3,5,7,10H2,(H2,15,17). The summed E-state index contributed by atoms with van der Waals surface area (Å²) in [5.74, 6) is 0.470. The van der Waals surface area contributed by atoms with Gasteiger partial charge in [0, 0.05) is 12.2 Å². The van der Waals surface area contributed by atoms with Crippen molar-refractivity contribution >= 4 is 11.5 Å². The Hall–Kier alpha value is -2.10. The highest BCUT2D eigenvalue weighted by atomic mass is 15.1. The Morgan fingerprint density at radius 1 is 1.17 bits per heavy atom. The van der Waals surface area contributed by atoms with E-state index in [1.807, 2.05) is 0 Å². The summed E-state index contributed by atoms with van der Waals surface area (Å²) in [4.78, 5) is 10.8. The molecule has 0 bridgehead atoms. The summed E-state index contributed by atoms with van der Waals surface area (Å²) in [6, 6.07) is 8.58. The van der Waals surface area contributed by atoms with Gasteiger partial charge in [0.2, 0.25) is 0 Å². The van der Waals surface area contributed by atoms with Crippen LogP contribution in [0.4, 0.5) is 11.5 Å². The fourth-order valence-electron chi connectivity index (χ4n) is 2.42. The Morgan fingerprint density at radius 2 is 2.06 bits per heavy atom. The second-order valence-electron chi connectivity index (χ2n) is 4.59. The Morgan fingerprint density at radius 3 is 2.89 bits per heavy atom. The van der Waals surface area contributed by atoms with Gasteiger partial charge < -0.3 is 10.6 Å². The lowest BCUT2D eigenvalue weighted by Crippen LogP contribution is -2.29. The van der Waals surface area contributed by atoms with Crippen molar-refractivity contribution in [1.82, 2.24) is 9.97 Å². The number of fused-ring (bicyclic) bond motifs is 1. The second-order valence-corrected chi connectivity index (χ2v) is 4.59. The number of aromatic nitrogens is 2. The molecule has 4 nitrogen and oxygen atoms in total. The zero-order chi connectivity index (χ0) is 12.4. The number of para-hydroxylation sites is 1. The van der Waals surface area contributed by atoms with Crippen molar-refractivity contribution in [3.8, 4) is 0 Å². The van der Waals surface area contributed by atoms with Crippen LogP contribution in [0.25, 0.3) is 0 Å². The lowest BCUT2D eigenvalue weighted by atomic mass is 10.0. The fraction of sp³-hybridized carbons (Fsp3) is 0.286. The molecule has 1 aliphatic heterocycles. The molecular weight excluding hydrogens is 224 g/mol. The molecule has 1 aromatic heterocycles. The zero-order valence-corrected chi connectivity index (χ0v) is 10.2. The van der Waals surface area contributed by atoms with Crippen molar-refractivity contribution in [2.75, 3.05) is 17.2 Å². The Kier molecular flexibility index (Phi) is 2.84. The normalized spacial score (nSPS) is 14.3. The van der Waals surface area contributed by atoms with Gasteiger partial charge in [-0.2, -0.15) is 0 Å². The number of rotatable bonds is 2. The molecule has 1 aromatic carbocycles. The third kappa shape index (κ3) is 2.14. The highest BCUT2D eigenvalue weighted by Gasteiger charge is 2.16. The van der Waals surface area contributed by atoms with Crippen LogP contribution in [0.5, 0.6) is 0 Å². The first-order valence-electron chi connectivity index (χ1n) is 6.22. The molecule has 0 saturated heterocycles. The largest absolute Gasteiger partial charge is 0.382 e. The summed E-state index contributed by atoms with van der Waals surface area (Å²) in [6.07, 6.45) is 5.73. The van der Waals surface area contributed by atoms with E-state index in [1.165, 1.54) is 24.1 Å². The molecule has 0 atom stereocenters. The van der Waals surface area contributed by atoms with Gasteiger partial charge in [0.1, 0.15) is 5.82 Å². The molecular formula is C14H16N4. The van der Waals surface area contributed by atoms with Crippen molar-refractivity contribution < 1.29 is 0 Å². The van der Waals surface area contributed by atoms with Gasteiger partial charge in [-0.15, -0.1) is 0 Å². The van der Waals surface area contributed by atoms with E-state index in [-0.39, 0.29) is 0 Å². The summed E-state index contributed by atoms with van der Waals surface area (Å²) in [5.41, 5.74) is 9.25. The molecule has 1 aliphatic rings. The molecule has 2 heterocycles. The van der Waals surface area contributed by atoms with Crippen LogP contribution in [-0.2, 0) is 13.0 Å². The maximum atomic E-state index is 5.55. The van der Waals surface area contributed by atoms with Gasteiger partial charge in [-0.1, -0.05) is 18.2 Å². The molecule has 0 spiro atoms. The average molecular weight is 240 g/mol. The minimum Gasteiger partial charge on any atom is -0.382 e. The number of hydrogen-bond donors (Lipinski definition) is 1. The number of nitrogens with zero attached hydrogens (tertiary/aromatic N) is 3.